The van der Waals surface area contributed by atoms with Crippen LogP contribution in [-0.2, 0) is 9.31 Å². The fourth-order valence-electron chi connectivity index (χ4n) is 1.65. The van der Waals surface area contributed by atoms with Crippen molar-refractivity contribution in [2.45, 2.75) is 65.0 Å². The molecule has 1 heterocycles. The Balaban J connectivity index is 2.88. The van der Waals surface area contributed by atoms with Gasteiger partial charge in [-0.05, 0) is 34.6 Å². The van der Waals surface area contributed by atoms with Crippen LogP contribution in [0, 0.1) is 0 Å². The normalized spacial score (nSPS) is 25.1. The van der Waals surface area contributed by atoms with Crippen molar-refractivity contribution in [2.24, 2.45) is 0 Å². The molecule has 0 aromatic heterocycles. The molecule has 0 aromatic rings. The third-order valence-electron chi connectivity index (χ3n) is 3.46. The lowest BCUT2D eigenvalue weighted by Gasteiger charge is -2.32. The van der Waals surface area contributed by atoms with Crippen molar-refractivity contribution < 1.29 is 9.31 Å². The van der Waals surface area contributed by atoms with Gasteiger partial charge < -0.3 is 9.31 Å². The van der Waals surface area contributed by atoms with Gasteiger partial charge in [-0.15, -0.1) is 0 Å². The summed E-state index contributed by atoms with van der Waals surface area (Å²) >= 11 is 0. The summed E-state index contributed by atoms with van der Waals surface area (Å²) < 4.78 is 12.0. The van der Waals surface area contributed by atoms with Crippen LogP contribution in [0.1, 0.15) is 48.5 Å². The molecule has 1 saturated heterocycles. The van der Waals surface area contributed by atoms with Crippen molar-refractivity contribution in [3.63, 3.8) is 0 Å². The molecule has 1 rings (SSSR count). The van der Waals surface area contributed by atoms with Gasteiger partial charge >= 0.3 is 7.12 Å². The first kappa shape index (κ1) is 12.8. The standard InChI is InChI=1S/C12H23BO2/c1-8-9-10(2,3)13-14-11(4,5)12(6,7)15-13/h8-9H,1-7H3/b9-8+. The molecule has 0 atom stereocenters. The van der Waals surface area contributed by atoms with Gasteiger partial charge in [0.2, 0.25) is 0 Å². The van der Waals surface area contributed by atoms with Crippen molar-refractivity contribution in [1.82, 2.24) is 0 Å². The maximum Gasteiger partial charge on any atom is 0.467 e. The summed E-state index contributed by atoms with van der Waals surface area (Å²) in [5.74, 6) is 0. The molecule has 1 fully saturated rings. The third kappa shape index (κ3) is 2.29. The monoisotopic (exact) mass is 210 g/mol. The molecule has 1 aliphatic rings. The highest BCUT2D eigenvalue weighted by Crippen LogP contribution is 2.45. The number of allylic oxidation sites excluding steroid dienone is 2. The molecule has 0 spiro atoms. The maximum atomic E-state index is 6.01. The van der Waals surface area contributed by atoms with E-state index in [2.05, 4.69) is 47.6 Å². The van der Waals surface area contributed by atoms with Crippen molar-refractivity contribution >= 4 is 7.12 Å². The largest absolute Gasteiger partial charge is 0.467 e. The second-order valence-electron chi connectivity index (χ2n) is 5.91. The minimum absolute atomic E-state index is 0.0835. The topological polar surface area (TPSA) is 18.5 Å². The van der Waals surface area contributed by atoms with E-state index in [-0.39, 0.29) is 23.6 Å². The van der Waals surface area contributed by atoms with E-state index in [1.807, 2.05) is 13.0 Å². The molecule has 2 nitrogen and oxygen atoms in total. The summed E-state index contributed by atoms with van der Waals surface area (Å²) in [6.45, 7) is 14.6. The first-order chi connectivity index (χ1) is 6.62. The predicted octanol–water partition coefficient (Wildman–Crippen LogP) is 3.43. The lowest BCUT2D eigenvalue weighted by atomic mass is 9.60. The predicted molar refractivity (Wildman–Crippen MR) is 64.9 cm³/mol. The fourth-order valence-corrected chi connectivity index (χ4v) is 1.65. The zero-order valence-electron chi connectivity index (χ0n) is 11.0. The molecule has 0 saturated carbocycles. The summed E-state index contributed by atoms with van der Waals surface area (Å²) in [7, 11) is -0.168. The molecule has 0 N–H and O–H groups in total. The molecule has 15 heavy (non-hydrogen) atoms. The molecule has 1 aliphatic heterocycles. The van der Waals surface area contributed by atoms with Crippen LogP contribution in [0.4, 0.5) is 0 Å². The Morgan fingerprint density at radius 1 is 1.00 bits per heavy atom. The van der Waals surface area contributed by atoms with Crippen molar-refractivity contribution in [3.05, 3.63) is 12.2 Å². The summed E-state index contributed by atoms with van der Waals surface area (Å²) in [4.78, 5) is 0. The highest BCUT2D eigenvalue weighted by atomic mass is 16.7. The maximum absolute atomic E-state index is 6.01. The molecule has 0 bridgehead atoms. The zero-order valence-corrected chi connectivity index (χ0v) is 11.0. The van der Waals surface area contributed by atoms with Gasteiger partial charge in [0, 0.05) is 5.31 Å². The second-order valence-corrected chi connectivity index (χ2v) is 5.91. The van der Waals surface area contributed by atoms with Crippen LogP contribution < -0.4 is 0 Å². The molecule has 3 heteroatoms. The molecule has 0 aromatic carbocycles. The summed E-state index contributed by atoms with van der Waals surface area (Å²) in [5, 5.41) is -0.0835. The van der Waals surface area contributed by atoms with Gasteiger partial charge in [-0.2, -0.15) is 0 Å². The Morgan fingerprint density at radius 2 is 1.40 bits per heavy atom. The van der Waals surface area contributed by atoms with Gasteiger partial charge in [0.1, 0.15) is 0 Å². The molecule has 0 radical (unpaired) electrons. The molecular formula is C12H23BO2. The van der Waals surface area contributed by atoms with Gasteiger partial charge in [0.15, 0.2) is 0 Å². The van der Waals surface area contributed by atoms with E-state index >= 15 is 0 Å². The van der Waals surface area contributed by atoms with E-state index in [9.17, 15) is 0 Å². The Bertz CT molecular complexity index is 251. The van der Waals surface area contributed by atoms with Crippen molar-refractivity contribution in [3.8, 4) is 0 Å². The van der Waals surface area contributed by atoms with E-state index < -0.39 is 0 Å². The Morgan fingerprint density at radius 3 is 1.73 bits per heavy atom. The third-order valence-corrected chi connectivity index (χ3v) is 3.46. The fraction of sp³-hybridized carbons (Fsp3) is 0.833. The van der Waals surface area contributed by atoms with Gasteiger partial charge in [-0.25, -0.2) is 0 Å². The van der Waals surface area contributed by atoms with E-state index in [0.29, 0.717) is 0 Å². The number of hydrogen-bond donors (Lipinski definition) is 0. The SMILES string of the molecule is C/C=C/C(C)(C)B1OC(C)(C)C(C)(C)O1. The van der Waals surface area contributed by atoms with Crippen LogP contribution in [0.2, 0.25) is 5.31 Å². The van der Waals surface area contributed by atoms with E-state index in [1.54, 1.807) is 0 Å². The molecule has 0 aliphatic carbocycles. The van der Waals surface area contributed by atoms with Gasteiger partial charge in [0.25, 0.3) is 0 Å². The minimum Gasteiger partial charge on any atom is -0.403 e. The van der Waals surface area contributed by atoms with Crippen molar-refractivity contribution in [2.75, 3.05) is 0 Å². The number of hydrogen-bond acceptors (Lipinski definition) is 2. The first-order valence-corrected chi connectivity index (χ1v) is 5.62. The summed E-state index contributed by atoms with van der Waals surface area (Å²) in [6, 6.07) is 0. The van der Waals surface area contributed by atoms with Gasteiger partial charge in [0.05, 0.1) is 11.2 Å². The smallest absolute Gasteiger partial charge is 0.403 e. The lowest BCUT2D eigenvalue weighted by molar-refractivity contribution is 0.00578. The molecular weight excluding hydrogens is 187 g/mol. The minimum atomic E-state index is -0.240. The average Bonchev–Trinajstić information content (AvgIpc) is 2.21. The summed E-state index contributed by atoms with van der Waals surface area (Å²) in [6.07, 6.45) is 4.18. The van der Waals surface area contributed by atoms with Gasteiger partial charge in [-0.3, -0.25) is 0 Å². The molecule has 0 amide bonds. The molecule has 86 valence electrons. The Labute approximate surface area is 94.2 Å². The Kier molecular flexibility index (Phi) is 3.10. The van der Waals surface area contributed by atoms with E-state index in [4.69, 9.17) is 9.31 Å². The highest BCUT2D eigenvalue weighted by Gasteiger charge is 2.55. The van der Waals surface area contributed by atoms with Crippen LogP contribution in [0.5, 0.6) is 0 Å². The van der Waals surface area contributed by atoms with Crippen LogP contribution in [0.15, 0.2) is 12.2 Å². The lowest BCUT2D eigenvalue weighted by Crippen LogP contribution is -2.41. The van der Waals surface area contributed by atoms with Crippen LogP contribution in [0.25, 0.3) is 0 Å². The van der Waals surface area contributed by atoms with Crippen LogP contribution in [0.3, 0.4) is 0 Å². The van der Waals surface area contributed by atoms with Crippen molar-refractivity contribution in [1.29, 1.82) is 0 Å². The summed E-state index contributed by atoms with van der Waals surface area (Å²) in [5.41, 5.74) is -0.479. The second kappa shape index (κ2) is 3.64. The average molecular weight is 210 g/mol. The number of rotatable bonds is 2. The van der Waals surface area contributed by atoms with E-state index in [1.165, 1.54) is 0 Å². The zero-order chi connectivity index (χ0) is 11.9. The van der Waals surface area contributed by atoms with E-state index in [0.717, 1.165) is 0 Å². The quantitative estimate of drug-likeness (QED) is 0.513. The van der Waals surface area contributed by atoms with Crippen LogP contribution >= 0.6 is 0 Å². The Hall–Kier alpha value is -0.275. The van der Waals surface area contributed by atoms with Crippen LogP contribution in [-0.4, -0.2) is 18.3 Å². The molecule has 0 unspecified atom stereocenters. The van der Waals surface area contributed by atoms with Gasteiger partial charge in [-0.1, -0.05) is 26.0 Å². The highest BCUT2D eigenvalue weighted by molar-refractivity contribution is 6.50. The first-order valence-electron chi connectivity index (χ1n) is 5.62.